The smallest absolute Gasteiger partial charge is 0.225 e. The second-order valence-corrected chi connectivity index (χ2v) is 6.52. The summed E-state index contributed by atoms with van der Waals surface area (Å²) >= 11 is 3.63. The monoisotopic (exact) mass is 275 g/mol. The number of rotatable bonds is 4. The molecule has 0 aromatic heterocycles. The van der Waals surface area contributed by atoms with E-state index in [9.17, 15) is 4.79 Å². The topological polar surface area (TPSA) is 29.1 Å². The molecule has 1 saturated carbocycles. The number of carbonyl (C=O) groups is 1. The first kappa shape index (κ1) is 13.0. The van der Waals surface area contributed by atoms with Gasteiger partial charge in [-0.3, -0.25) is 4.79 Å². The summed E-state index contributed by atoms with van der Waals surface area (Å²) in [5, 5.41) is 3.08. The summed E-state index contributed by atoms with van der Waals surface area (Å²) in [6.45, 7) is 6.92. The van der Waals surface area contributed by atoms with Crippen molar-refractivity contribution < 1.29 is 4.79 Å². The lowest BCUT2D eigenvalue weighted by molar-refractivity contribution is -0.129. The van der Waals surface area contributed by atoms with E-state index in [-0.39, 0.29) is 11.3 Å². The molecular formula is C12H22BrNO. The van der Waals surface area contributed by atoms with E-state index < -0.39 is 0 Å². The molecule has 0 aromatic carbocycles. The van der Waals surface area contributed by atoms with Crippen LogP contribution in [0.4, 0.5) is 0 Å². The highest BCUT2D eigenvalue weighted by Gasteiger charge is 2.27. The van der Waals surface area contributed by atoms with Crippen molar-refractivity contribution in [2.45, 2.75) is 51.3 Å². The molecule has 1 amide bonds. The third kappa shape index (κ3) is 3.78. The summed E-state index contributed by atoms with van der Waals surface area (Å²) < 4.78 is 0. The molecule has 15 heavy (non-hydrogen) atoms. The maximum Gasteiger partial charge on any atom is 0.225 e. The number of amides is 1. The van der Waals surface area contributed by atoms with Crippen molar-refractivity contribution in [3.05, 3.63) is 0 Å². The van der Waals surface area contributed by atoms with Crippen LogP contribution in [0.2, 0.25) is 0 Å². The molecule has 1 aliphatic rings. The van der Waals surface area contributed by atoms with E-state index in [1.54, 1.807) is 0 Å². The van der Waals surface area contributed by atoms with Crippen LogP contribution in [-0.4, -0.2) is 17.3 Å². The molecule has 1 rings (SSSR count). The Labute approximate surface area is 101 Å². The van der Waals surface area contributed by atoms with Crippen LogP contribution in [0.3, 0.4) is 0 Å². The van der Waals surface area contributed by atoms with Crippen LogP contribution in [0.1, 0.15) is 46.5 Å². The van der Waals surface area contributed by atoms with Gasteiger partial charge in [-0.1, -0.05) is 36.7 Å². The molecule has 88 valence electrons. The Morgan fingerprint density at radius 1 is 1.47 bits per heavy atom. The number of hydrogen-bond acceptors (Lipinski definition) is 1. The predicted octanol–water partition coefficient (Wildman–Crippen LogP) is 3.10. The number of halogens is 1. The maximum atomic E-state index is 11.8. The van der Waals surface area contributed by atoms with Gasteiger partial charge in [0.15, 0.2) is 0 Å². The summed E-state index contributed by atoms with van der Waals surface area (Å²) in [6, 6.07) is 0. The Balaban J connectivity index is 2.28. The van der Waals surface area contributed by atoms with Crippen molar-refractivity contribution in [1.29, 1.82) is 0 Å². The number of nitrogens with one attached hydrogen (secondary N) is 1. The molecule has 2 atom stereocenters. The molecule has 0 aliphatic heterocycles. The normalized spacial score (nSPS) is 26.7. The third-order valence-corrected chi connectivity index (χ3v) is 4.36. The highest BCUT2D eigenvalue weighted by atomic mass is 79.9. The predicted molar refractivity (Wildman–Crippen MR) is 67.1 cm³/mol. The first-order valence-corrected chi connectivity index (χ1v) is 6.79. The van der Waals surface area contributed by atoms with E-state index in [2.05, 4.69) is 28.2 Å². The molecule has 1 aliphatic carbocycles. The lowest BCUT2D eigenvalue weighted by Gasteiger charge is -2.22. The zero-order chi connectivity index (χ0) is 11.5. The second kappa shape index (κ2) is 5.33. The molecule has 1 N–H and O–H groups in total. The summed E-state index contributed by atoms with van der Waals surface area (Å²) in [5.41, 5.74) is -0.216. The lowest BCUT2D eigenvalue weighted by atomic mass is 9.89. The Hall–Kier alpha value is -0.0500. The van der Waals surface area contributed by atoms with Gasteiger partial charge < -0.3 is 5.32 Å². The molecule has 0 bridgehead atoms. The molecule has 0 heterocycles. The zero-order valence-electron chi connectivity index (χ0n) is 9.98. The van der Waals surface area contributed by atoms with E-state index in [4.69, 9.17) is 0 Å². The van der Waals surface area contributed by atoms with Crippen LogP contribution in [0.15, 0.2) is 0 Å². The van der Waals surface area contributed by atoms with Crippen LogP contribution in [0.25, 0.3) is 0 Å². The van der Waals surface area contributed by atoms with Crippen LogP contribution < -0.4 is 5.32 Å². The molecule has 2 nitrogen and oxygen atoms in total. The van der Waals surface area contributed by atoms with Crippen molar-refractivity contribution >= 4 is 21.8 Å². The van der Waals surface area contributed by atoms with Gasteiger partial charge in [0.05, 0.1) is 0 Å². The number of carbonyl (C=O) groups excluding carboxylic acids is 1. The van der Waals surface area contributed by atoms with Gasteiger partial charge in [-0.2, -0.15) is 0 Å². The summed E-state index contributed by atoms with van der Waals surface area (Å²) in [6.07, 6.45) is 4.58. The zero-order valence-corrected chi connectivity index (χ0v) is 11.6. The molecule has 0 aromatic rings. The quantitative estimate of drug-likeness (QED) is 0.785. The molecule has 1 fully saturated rings. The van der Waals surface area contributed by atoms with E-state index in [0.717, 1.165) is 13.0 Å². The largest absolute Gasteiger partial charge is 0.355 e. The van der Waals surface area contributed by atoms with Crippen LogP contribution in [-0.2, 0) is 4.79 Å². The molecule has 2 unspecified atom stereocenters. The van der Waals surface area contributed by atoms with Gasteiger partial charge in [0.2, 0.25) is 5.91 Å². The fourth-order valence-corrected chi connectivity index (χ4v) is 2.63. The minimum absolute atomic E-state index is 0.197. The average molecular weight is 276 g/mol. The summed E-state index contributed by atoms with van der Waals surface area (Å²) in [5.74, 6) is 0.869. The fourth-order valence-electron chi connectivity index (χ4n) is 1.84. The third-order valence-electron chi connectivity index (χ3n) is 3.53. The molecule has 3 heteroatoms. The minimum atomic E-state index is -0.216. The van der Waals surface area contributed by atoms with E-state index in [1.807, 2.05) is 13.8 Å². The first-order chi connectivity index (χ1) is 6.95. The average Bonchev–Trinajstić information content (AvgIpc) is 2.60. The minimum Gasteiger partial charge on any atom is -0.355 e. The lowest BCUT2D eigenvalue weighted by Crippen LogP contribution is -2.38. The van der Waals surface area contributed by atoms with Crippen molar-refractivity contribution in [2.24, 2.45) is 11.3 Å². The van der Waals surface area contributed by atoms with Crippen molar-refractivity contribution in [3.8, 4) is 0 Å². The standard InChI is InChI=1S/C12H22BrNO/c1-4-12(2,3)11(15)14-8-9-5-6-10(13)7-9/h9-10H,4-8H2,1-3H3,(H,14,15). The Morgan fingerprint density at radius 2 is 2.13 bits per heavy atom. The van der Waals surface area contributed by atoms with Gasteiger partial charge in [0.25, 0.3) is 0 Å². The molecular weight excluding hydrogens is 254 g/mol. The van der Waals surface area contributed by atoms with E-state index in [0.29, 0.717) is 10.7 Å². The van der Waals surface area contributed by atoms with Crippen molar-refractivity contribution in [1.82, 2.24) is 5.32 Å². The Morgan fingerprint density at radius 3 is 2.60 bits per heavy atom. The van der Waals surface area contributed by atoms with E-state index in [1.165, 1.54) is 19.3 Å². The van der Waals surface area contributed by atoms with Gasteiger partial charge in [-0.25, -0.2) is 0 Å². The molecule has 0 saturated heterocycles. The van der Waals surface area contributed by atoms with Crippen LogP contribution in [0.5, 0.6) is 0 Å². The van der Waals surface area contributed by atoms with Gasteiger partial charge in [-0.05, 0) is 31.6 Å². The van der Waals surface area contributed by atoms with Gasteiger partial charge >= 0.3 is 0 Å². The van der Waals surface area contributed by atoms with Crippen LogP contribution in [0, 0.1) is 11.3 Å². The van der Waals surface area contributed by atoms with Gasteiger partial charge in [-0.15, -0.1) is 0 Å². The van der Waals surface area contributed by atoms with Crippen molar-refractivity contribution in [2.75, 3.05) is 6.54 Å². The number of hydrogen-bond donors (Lipinski definition) is 1. The van der Waals surface area contributed by atoms with Crippen LogP contribution >= 0.6 is 15.9 Å². The Bertz CT molecular complexity index is 228. The molecule has 0 spiro atoms. The Kier molecular flexibility index (Phi) is 4.63. The molecule has 0 radical (unpaired) electrons. The second-order valence-electron chi connectivity index (χ2n) is 5.22. The maximum absolute atomic E-state index is 11.8. The van der Waals surface area contributed by atoms with Crippen molar-refractivity contribution in [3.63, 3.8) is 0 Å². The summed E-state index contributed by atoms with van der Waals surface area (Å²) in [4.78, 5) is 12.5. The first-order valence-electron chi connectivity index (χ1n) is 5.88. The van der Waals surface area contributed by atoms with E-state index >= 15 is 0 Å². The highest BCUT2D eigenvalue weighted by molar-refractivity contribution is 9.09. The summed E-state index contributed by atoms with van der Waals surface area (Å²) in [7, 11) is 0. The SMILES string of the molecule is CCC(C)(C)C(=O)NCC1CCC(Br)C1. The highest BCUT2D eigenvalue weighted by Crippen LogP contribution is 2.30. The van der Waals surface area contributed by atoms with Gasteiger partial charge in [0, 0.05) is 16.8 Å². The number of alkyl halides is 1. The fraction of sp³-hybridized carbons (Fsp3) is 0.917. The van der Waals surface area contributed by atoms with Gasteiger partial charge in [0.1, 0.15) is 0 Å².